The average molecular weight is 336 g/mol. The maximum absolute atomic E-state index is 10.6. The van der Waals surface area contributed by atoms with Crippen LogP contribution in [0.4, 0.5) is 0 Å². The molecule has 0 spiro atoms. The fourth-order valence-corrected chi connectivity index (χ4v) is 3.13. The summed E-state index contributed by atoms with van der Waals surface area (Å²) in [5, 5.41) is 10.6. The summed E-state index contributed by atoms with van der Waals surface area (Å²) >= 11 is 0. The van der Waals surface area contributed by atoms with Crippen LogP contribution in [0.1, 0.15) is 28.6 Å². The molecule has 128 valence electrons. The first-order valence-electron chi connectivity index (χ1n) is 8.38. The molecule has 1 N–H and O–H groups in total. The third-order valence-electron chi connectivity index (χ3n) is 4.42. The number of hydrogen-bond donors (Lipinski definition) is 1. The molecule has 1 aliphatic heterocycles. The van der Waals surface area contributed by atoms with Crippen LogP contribution in [0.15, 0.2) is 65.5 Å². The summed E-state index contributed by atoms with van der Waals surface area (Å²) < 4.78 is 11.3. The molecule has 25 heavy (non-hydrogen) atoms. The lowest BCUT2D eigenvalue weighted by Gasteiger charge is -2.18. The SMILES string of the molecule is OC(c1cccnc1)c1ccc2c(c1)CN(Cc1ccco1)CCO2. The molecule has 4 rings (SSSR count). The predicted octanol–water partition coefficient (Wildman–Crippen LogP) is 3.15. The largest absolute Gasteiger partial charge is 0.492 e. The van der Waals surface area contributed by atoms with Crippen molar-refractivity contribution in [1.82, 2.24) is 9.88 Å². The van der Waals surface area contributed by atoms with E-state index in [9.17, 15) is 5.11 Å². The van der Waals surface area contributed by atoms with Crippen molar-refractivity contribution >= 4 is 0 Å². The van der Waals surface area contributed by atoms with Gasteiger partial charge in [0.1, 0.15) is 24.2 Å². The molecule has 0 saturated heterocycles. The summed E-state index contributed by atoms with van der Waals surface area (Å²) in [5.74, 6) is 1.82. The van der Waals surface area contributed by atoms with Crippen molar-refractivity contribution in [3.63, 3.8) is 0 Å². The zero-order chi connectivity index (χ0) is 17.1. The van der Waals surface area contributed by atoms with E-state index in [4.69, 9.17) is 9.15 Å². The molecular weight excluding hydrogens is 316 g/mol. The number of aromatic nitrogens is 1. The Hall–Kier alpha value is -2.63. The van der Waals surface area contributed by atoms with E-state index in [1.807, 2.05) is 42.5 Å². The highest BCUT2D eigenvalue weighted by atomic mass is 16.5. The van der Waals surface area contributed by atoms with E-state index in [1.165, 1.54) is 0 Å². The smallest absolute Gasteiger partial charge is 0.123 e. The van der Waals surface area contributed by atoms with Crippen molar-refractivity contribution in [3.8, 4) is 5.75 Å². The Morgan fingerprint density at radius 3 is 2.92 bits per heavy atom. The number of hydrogen-bond acceptors (Lipinski definition) is 5. The van der Waals surface area contributed by atoms with E-state index in [1.54, 1.807) is 18.7 Å². The molecule has 3 heterocycles. The number of aliphatic hydroxyl groups is 1. The number of benzene rings is 1. The lowest BCUT2D eigenvalue weighted by Crippen LogP contribution is -2.25. The van der Waals surface area contributed by atoms with Crippen molar-refractivity contribution in [3.05, 3.63) is 83.6 Å². The van der Waals surface area contributed by atoms with Gasteiger partial charge in [-0.3, -0.25) is 9.88 Å². The number of furan rings is 1. The summed E-state index contributed by atoms with van der Waals surface area (Å²) in [7, 11) is 0. The molecule has 1 atom stereocenters. The van der Waals surface area contributed by atoms with Gasteiger partial charge in [0.25, 0.3) is 0 Å². The first kappa shape index (κ1) is 15.9. The van der Waals surface area contributed by atoms with Gasteiger partial charge in [0.2, 0.25) is 0 Å². The molecule has 0 aliphatic carbocycles. The Balaban J connectivity index is 1.57. The van der Waals surface area contributed by atoms with Crippen LogP contribution in [0.25, 0.3) is 0 Å². The first-order valence-corrected chi connectivity index (χ1v) is 8.38. The summed E-state index contributed by atoms with van der Waals surface area (Å²) in [5.41, 5.74) is 2.70. The summed E-state index contributed by atoms with van der Waals surface area (Å²) in [6.45, 7) is 2.96. The highest BCUT2D eigenvalue weighted by molar-refractivity contribution is 5.40. The van der Waals surface area contributed by atoms with Gasteiger partial charge < -0.3 is 14.3 Å². The van der Waals surface area contributed by atoms with E-state index in [-0.39, 0.29) is 0 Å². The van der Waals surface area contributed by atoms with Gasteiger partial charge >= 0.3 is 0 Å². The van der Waals surface area contributed by atoms with E-state index < -0.39 is 6.10 Å². The van der Waals surface area contributed by atoms with Crippen LogP contribution in [0.3, 0.4) is 0 Å². The number of ether oxygens (including phenoxy) is 1. The number of nitrogens with zero attached hydrogens (tertiary/aromatic N) is 2. The topological polar surface area (TPSA) is 58.7 Å². The van der Waals surface area contributed by atoms with Crippen molar-refractivity contribution in [1.29, 1.82) is 0 Å². The second-order valence-electron chi connectivity index (χ2n) is 6.19. The van der Waals surface area contributed by atoms with Crippen LogP contribution in [-0.4, -0.2) is 28.1 Å². The second-order valence-corrected chi connectivity index (χ2v) is 6.19. The number of pyridine rings is 1. The zero-order valence-electron chi connectivity index (χ0n) is 13.8. The van der Waals surface area contributed by atoms with Gasteiger partial charge in [0, 0.05) is 36.6 Å². The van der Waals surface area contributed by atoms with Crippen LogP contribution < -0.4 is 4.74 Å². The Morgan fingerprint density at radius 1 is 1.16 bits per heavy atom. The maximum atomic E-state index is 10.6. The van der Waals surface area contributed by atoms with Crippen LogP contribution in [-0.2, 0) is 13.1 Å². The number of fused-ring (bicyclic) bond motifs is 1. The van der Waals surface area contributed by atoms with Gasteiger partial charge in [-0.25, -0.2) is 0 Å². The van der Waals surface area contributed by atoms with Crippen LogP contribution in [0, 0.1) is 0 Å². The third-order valence-corrected chi connectivity index (χ3v) is 4.42. The van der Waals surface area contributed by atoms with E-state index in [0.717, 1.165) is 47.8 Å². The van der Waals surface area contributed by atoms with Gasteiger partial charge in [-0.1, -0.05) is 12.1 Å². The molecule has 0 bridgehead atoms. The van der Waals surface area contributed by atoms with E-state index in [0.29, 0.717) is 6.61 Å². The van der Waals surface area contributed by atoms with Gasteiger partial charge in [0.05, 0.1) is 12.8 Å². The van der Waals surface area contributed by atoms with Crippen LogP contribution in [0.5, 0.6) is 5.75 Å². The van der Waals surface area contributed by atoms with Gasteiger partial charge in [-0.15, -0.1) is 0 Å². The molecule has 5 nitrogen and oxygen atoms in total. The van der Waals surface area contributed by atoms with E-state index in [2.05, 4.69) is 9.88 Å². The van der Waals surface area contributed by atoms with Crippen molar-refractivity contribution < 1.29 is 14.3 Å². The van der Waals surface area contributed by atoms with Gasteiger partial charge in [-0.2, -0.15) is 0 Å². The quantitative estimate of drug-likeness (QED) is 0.793. The number of rotatable bonds is 4. The molecule has 1 aromatic carbocycles. The first-order chi connectivity index (χ1) is 12.3. The molecule has 1 aliphatic rings. The molecule has 2 aromatic heterocycles. The predicted molar refractivity (Wildman–Crippen MR) is 93.1 cm³/mol. The molecule has 0 amide bonds. The van der Waals surface area contributed by atoms with Crippen molar-refractivity contribution in [2.24, 2.45) is 0 Å². The zero-order valence-corrected chi connectivity index (χ0v) is 13.8. The summed E-state index contributed by atoms with van der Waals surface area (Å²) in [6.07, 6.45) is 4.39. The summed E-state index contributed by atoms with van der Waals surface area (Å²) in [4.78, 5) is 6.37. The fourth-order valence-electron chi connectivity index (χ4n) is 3.13. The molecule has 1 unspecified atom stereocenters. The monoisotopic (exact) mass is 336 g/mol. The van der Waals surface area contributed by atoms with Crippen LogP contribution in [0.2, 0.25) is 0 Å². The normalized spacial score (nSPS) is 15.9. The number of aliphatic hydroxyl groups excluding tert-OH is 1. The average Bonchev–Trinajstić information content (AvgIpc) is 3.07. The molecule has 5 heteroatoms. The molecule has 0 saturated carbocycles. The minimum absolute atomic E-state index is 0.637. The van der Waals surface area contributed by atoms with Gasteiger partial charge in [-0.05, 0) is 35.9 Å². The van der Waals surface area contributed by atoms with Gasteiger partial charge in [0.15, 0.2) is 0 Å². The molecular formula is C20H20N2O3. The Kier molecular flexibility index (Phi) is 4.50. The summed E-state index contributed by atoms with van der Waals surface area (Å²) in [6, 6.07) is 13.5. The maximum Gasteiger partial charge on any atom is 0.123 e. The lowest BCUT2D eigenvalue weighted by molar-refractivity contribution is 0.206. The van der Waals surface area contributed by atoms with E-state index >= 15 is 0 Å². The standard InChI is InChI=1S/C20H20N2O3/c23-20(16-3-1-7-21-12-16)15-5-6-19-17(11-15)13-22(8-10-25-19)14-18-4-2-9-24-18/h1-7,9,11-12,20,23H,8,10,13-14H2. The van der Waals surface area contributed by atoms with Crippen molar-refractivity contribution in [2.75, 3.05) is 13.2 Å². The highest BCUT2D eigenvalue weighted by Crippen LogP contribution is 2.29. The molecule has 3 aromatic rings. The second kappa shape index (κ2) is 7.09. The van der Waals surface area contributed by atoms with Crippen molar-refractivity contribution in [2.45, 2.75) is 19.2 Å². The lowest BCUT2D eigenvalue weighted by atomic mass is 10.0. The molecule has 0 fully saturated rings. The molecule has 0 radical (unpaired) electrons. The Labute approximate surface area is 146 Å². The minimum atomic E-state index is -0.694. The third kappa shape index (κ3) is 3.57. The Bertz CT molecular complexity index is 818. The Morgan fingerprint density at radius 2 is 2.12 bits per heavy atom. The fraction of sp³-hybridized carbons (Fsp3) is 0.250. The highest BCUT2D eigenvalue weighted by Gasteiger charge is 2.19. The van der Waals surface area contributed by atoms with Crippen LogP contribution >= 0.6 is 0 Å². The minimum Gasteiger partial charge on any atom is -0.492 e.